The number of hydrogen-bond donors (Lipinski definition) is 9. The summed E-state index contributed by atoms with van der Waals surface area (Å²) in [6, 6.07) is 8.77. The zero-order valence-electron chi connectivity index (χ0n) is 26.8. The lowest BCUT2D eigenvalue weighted by molar-refractivity contribution is -0.142. The number of nitrogens with two attached hydrogens (primary N) is 1. The lowest BCUT2D eigenvalue weighted by atomic mass is 10.0. The van der Waals surface area contributed by atoms with E-state index in [-0.39, 0.29) is 38.0 Å². The van der Waals surface area contributed by atoms with Crippen molar-refractivity contribution in [2.45, 2.75) is 49.9 Å². The third-order valence-corrected chi connectivity index (χ3v) is 8.43. The highest BCUT2D eigenvalue weighted by Gasteiger charge is 2.32. The van der Waals surface area contributed by atoms with Gasteiger partial charge in [0.15, 0.2) is 0 Å². The minimum Gasteiger partial charge on any atom is -0.508 e. The molecule has 10 N–H and O–H groups in total. The Kier molecular flexibility index (Phi) is 13.2. The lowest BCUT2D eigenvalue weighted by Gasteiger charge is -2.26. The van der Waals surface area contributed by atoms with Crippen LogP contribution in [-0.2, 0) is 43.2 Å². The molecule has 4 aromatic rings. The Bertz CT molecular complexity index is 1730. The average Bonchev–Trinajstić information content (AvgIpc) is 3.76. The number of aromatic hydroxyl groups is 1. The number of nitrogens with zero attached hydrogens (tertiary/aromatic N) is 1. The number of thioether (sulfide) groups is 1. The molecule has 2 heterocycles. The number of hydrogen-bond acceptors (Lipinski definition) is 9. The van der Waals surface area contributed by atoms with Gasteiger partial charge in [-0.1, -0.05) is 30.3 Å². The van der Waals surface area contributed by atoms with E-state index in [2.05, 4.69) is 36.2 Å². The molecule has 2 aromatic heterocycles. The Balaban J connectivity index is 1.59. The number of carbonyl (C=O) groups excluding carboxylic acids is 4. The molecule has 4 atom stereocenters. The first-order valence-corrected chi connectivity index (χ1v) is 16.9. The molecular weight excluding hydrogens is 652 g/mol. The zero-order valence-corrected chi connectivity index (χ0v) is 27.6. The minimum absolute atomic E-state index is 0.0206. The molecule has 0 aliphatic carbocycles. The molecule has 0 fully saturated rings. The van der Waals surface area contributed by atoms with Crippen LogP contribution >= 0.6 is 11.8 Å². The predicted octanol–water partition coefficient (Wildman–Crippen LogP) is 0.360. The summed E-state index contributed by atoms with van der Waals surface area (Å²) >= 11 is 1.44. The van der Waals surface area contributed by atoms with E-state index < -0.39 is 53.8 Å². The quantitative estimate of drug-likeness (QED) is 0.0693. The number of amides is 4. The first kappa shape index (κ1) is 36.5. The molecule has 0 aliphatic rings. The van der Waals surface area contributed by atoms with Gasteiger partial charge >= 0.3 is 5.97 Å². The van der Waals surface area contributed by atoms with Gasteiger partial charge in [0.2, 0.25) is 23.6 Å². The van der Waals surface area contributed by atoms with Crippen molar-refractivity contribution >= 4 is 52.3 Å². The standard InChI is InChI=1S/C33H40N8O7S/c1-49-11-10-25(30(44)41-28(33(47)48)14-21-17-35-18-37-21)39-32(46)27(13-20-16-36-24-5-3-2-4-23(20)24)40-31(45)26(38-29(43)15-34)12-19-6-8-22(42)9-7-19/h2-9,16-18,25-28,36,42H,10-15,34H2,1H3,(H,35,37)(H,38,43)(H,39,46)(H,40,45)(H,41,44)(H,47,48)/t25-,26-,27-,28-/m0/s1. The Hall–Kier alpha value is -5.35. The maximum atomic E-state index is 14.0. The van der Waals surface area contributed by atoms with Crippen molar-refractivity contribution in [2.24, 2.45) is 5.73 Å². The first-order chi connectivity index (χ1) is 23.6. The van der Waals surface area contributed by atoms with Crippen molar-refractivity contribution in [2.75, 3.05) is 18.6 Å². The third-order valence-electron chi connectivity index (χ3n) is 7.78. The Morgan fingerprint density at radius 3 is 2.14 bits per heavy atom. The number of benzene rings is 2. The van der Waals surface area contributed by atoms with Crippen LogP contribution in [-0.4, -0.2) is 97.5 Å². The van der Waals surface area contributed by atoms with Gasteiger partial charge in [-0.15, -0.1) is 0 Å². The number of para-hydroxylation sites is 1. The van der Waals surface area contributed by atoms with Crippen molar-refractivity contribution in [3.05, 3.63) is 84.1 Å². The number of fused-ring (bicyclic) bond motifs is 1. The van der Waals surface area contributed by atoms with E-state index in [1.165, 1.54) is 36.4 Å². The lowest BCUT2D eigenvalue weighted by Crippen LogP contribution is -2.59. The predicted molar refractivity (Wildman–Crippen MR) is 184 cm³/mol. The monoisotopic (exact) mass is 692 g/mol. The number of aromatic nitrogens is 3. The van der Waals surface area contributed by atoms with E-state index >= 15 is 0 Å². The van der Waals surface area contributed by atoms with Crippen LogP contribution in [0.1, 0.15) is 23.2 Å². The van der Waals surface area contributed by atoms with Crippen LogP contribution in [0.5, 0.6) is 5.75 Å². The second-order valence-electron chi connectivity index (χ2n) is 11.3. The maximum absolute atomic E-state index is 14.0. The molecule has 4 rings (SSSR count). The van der Waals surface area contributed by atoms with Crippen molar-refractivity contribution in [1.82, 2.24) is 36.2 Å². The molecule has 0 aliphatic heterocycles. The highest BCUT2D eigenvalue weighted by molar-refractivity contribution is 7.98. The highest BCUT2D eigenvalue weighted by atomic mass is 32.2. The third kappa shape index (κ3) is 10.6. The van der Waals surface area contributed by atoms with E-state index in [9.17, 15) is 34.2 Å². The van der Waals surface area contributed by atoms with E-state index in [1.54, 1.807) is 18.3 Å². The van der Waals surface area contributed by atoms with Crippen molar-refractivity contribution < 1.29 is 34.2 Å². The highest BCUT2D eigenvalue weighted by Crippen LogP contribution is 2.20. The van der Waals surface area contributed by atoms with Gasteiger partial charge in [0.25, 0.3) is 0 Å². The van der Waals surface area contributed by atoms with Crippen LogP contribution in [0.15, 0.2) is 67.3 Å². The Labute approximate surface area is 286 Å². The second-order valence-corrected chi connectivity index (χ2v) is 12.3. The number of carbonyl (C=O) groups is 5. The SMILES string of the molecule is CSCC[C@H](NC(=O)[C@H](Cc1c[nH]c2ccccc12)NC(=O)[C@H](Cc1ccc(O)cc1)NC(=O)CN)C(=O)N[C@@H](Cc1cnc[nH]1)C(=O)O. The summed E-state index contributed by atoms with van der Waals surface area (Å²) in [6.45, 7) is -0.372. The fourth-order valence-corrected chi connectivity index (χ4v) is 5.67. The van der Waals surface area contributed by atoms with Crippen LogP contribution in [0.2, 0.25) is 0 Å². The molecular formula is C33H40N8O7S. The summed E-state index contributed by atoms with van der Waals surface area (Å²) in [5, 5.41) is 30.9. The summed E-state index contributed by atoms with van der Waals surface area (Å²) in [7, 11) is 0. The van der Waals surface area contributed by atoms with Gasteiger partial charge in [-0.2, -0.15) is 11.8 Å². The average molecular weight is 693 g/mol. The number of phenolic OH excluding ortho intramolecular Hbond substituents is 1. The number of phenols is 1. The van der Waals surface area contributed by atoms with Gasteiger partial charge in [0.1, 0.15) is 29.9 Å². The van der Waals surface area contributed by atoms with E-state index in [1.807, 2.05) is 30.5 Å². The van der Waals surface area contributed by atoms with Crippen LogP contribution in [0.4, 0.5) is 0 Å². The number of H-pyrrole nitrogens is 2. The summed E-state index contributed by atoms with van der Waals surface area (Å²) in [5.41, 5.74) is 8.18. The van der Waals surface area contributed by atoms with Crippen molar-refractivity contribution in [3.63, 3.8) is 0 Å². The Morgan fingerprint density at radius 1 is 0.837 bits per heavy atom. The molecule has 0 bridgehead atoms. The van der Waals surface area contributed by atoms with E-state index in [0.29, 0.717) is 22.6 Å². The Morgan fingerprint density at radius 2 is 1.49 bits per heavy atom. The number of imidazole rings is 1. The molecule has 49 heavy (non-hydrogen) atoms. The van der Waals surface area contributed by atoms with Crippen LogP contribution in [0.3, 0.4) is 0 Å². The molecule has 0 saturated heterocycles. The van der Waals surface area contributed by atoms with E-state index in [0.717, 1.165) is 10.9 Å². The second kappa shape index (κ2) is 17.7. The summed E-state index contributed by atoms with van der Waals surface area (Å²) < 4.78 is 0. The zero-order chi connectivity index (χ0) is 35.3. The molecule has 0 saturated carbocycles. The molecule has 0 radical (unpaired) electrons. The van der Waals surface area contributed by atoms with Crippen LogP contribution in [0.25, 0.3) is 10.9 Å². The molecule has 2 aromatic carbocycles. The normalized spacial score (nSPS) is 13.5. The molecule has 4 amide bonds. The summed E-state index contributed by atoms with van der Waals surface area (Å²) in [6.07, 6.45) is 6.59. The summed E-state index contributed by atoms with van der Waals surface area (Å²) in [4.78, 5) is 75.4. The van der Waals surface area contributed by atoms with Gasteiger partial charge in [0, 0.05) is 48.3 Å². The first-order valence-electron chi connectivity index (χ1n) is 15.5. The fourth-order valence-electron chi connectivity index (χ4n) is 5.20. The van der Waals surface area contributed by atoms with Gasteiger partial charge in [-0.05, 0) is 47.8 Å². The maximum Gasteiger partial charge on any atom is 0.326 e. The fraction of sp³-hybridized carbons (Fsp3) is 0.333. The summed E-state index contributed by atoms with van der Waals surface area (Å²) in [5.74, 6) is -3.42. The largest absolute Gasteiger partial charge is 0.508 e. The molecule has 15 nitrogen and oxygen atoms in total. The number of carboxylic acid groups (broad SMARTS) is 1. The van der Waals surface area contributed by atoms with Gasteiger partial charge < -0.3 is 47.2 Å². The minimum atomic E-state index is -1.30. The number of aliphatic carboxylic acids is 1. The molecule has 0 unspecified atom stereocenters. The van der Waals surface area contributed by atoms with Crippen molar-refractivity contribution in [1.29, 1.82) is 0 Å². The van der Waals surface area contributed by atoms with Crippen LogP contribution in [0, 0.1) is 0 Å². The molecule has 0 spiro atoms. The van der Waals surface area contributed by atoms with Crippen molar-refractivity contribution in [3.8, 4) is 5.75 Å². The number of aromatic amines is 2. The van der Waals surface area contributed by atoms with E-state index in [4.69, 9.17) is 5.73 Å². The number of rotatable bonds is 18. The number of nitrogens with one attached hydrogen (secondary N) is 6. The van der Waals surface area contributed by atoms with Crippen LogP contribution < -0.4 is 27.0 Å². The smallest absolute Gasteiger partial charge is 0.326 e. The van der Waals surface area contributed by atoms with Gasteiger partial charge in [-0.25, -0.2) is 9.78 Å². The van der Waals surface area contributed by atoms with Gasteiger partial charge in [0.05, 0.1) is 12.9 Å². The van der Waals surface area contributed by atoms with Gasteiger partial charge in [-0.3, -0.25) is 19.2 Å². The number of carboxylic acids is 1. The topological polar surface area (TPSA) is 244 Å². The molecule has 16 heteroatoms. The molecule has 260 valence electrons.